The fourth-order valence-corrected chi connectivity index (χ4v) is 1.93. The standard InChI is InChI=1S/C14H18N2/c1-10(2)16-9-13(8-14(16)15)12-6-4-5-11(3)7-12/h4-10H,15H2,1-3H3. The van der Waals surface area contributed by atoms with Gasteiger partial charge in [0.25, 0.3) is 0 Å². The van der Waals surface area contributed by atoms with Gasteiger partial charge in [0, 0.05) is 17.8 Å². The van der Waals surface area contributed by atoms with E-state index in [1.807, 2.05) is 6.07 Å². The van der Waals surface area contributed by atoms with Crippen LogP contribution in [0.5, 0.6) is 0 Å². The van der Waals surface area contributed by atoms with E-state index in [0.29, 0.717) is 6.04 Å². The minimum atomic E-state index is 0.401. The van der Waals surface area contributed by atoms with Crippen LogP contribution in [0.2, 0.25) is 0 Å². The van der Waals surface area contributed by atoms with Crippen LogP contribution in [0.1, 0.15) is 25.5 Å². The lowest BCUT2D eigenvalue weighted by Gasteiger charge is -2.08. The maximum absolute atomic E-state index is 5.98. The third kappa shape index (κ3) is 1.96. The van der Waals surface area contributed by atoms with Crippen LogP contribution in [0.3, 0.4) is 0 Å². The number of hydrogen-bond acceptors (Lipinski definition) is 1. The molecule has 0 bridgehead atoms. The van der Waals surface area contributed by atoms with E-state index in [0.717, 1.165) is 5.82 Å². The van der Waals surface area contributed by atoms with Gasteiger partial charge in [-0.25, -0.2) is 0 Å². The summed E-state index contributed by atoms with van der Waals surface area (Å²) < 4.78 is 2.09. The average molecular weight is 214 g/mol. The van der Waals surface area contributed by atoms with Crippen molar-refractivity contribution in [3.63, 3.8) is 0 Å². The molecule has 0 saturated carbocycles. The van der Waals surface area contributed by atoms with Crippen LogP contribution in [-0.4, -0.2) is 4.57 Å². The first-order chi connectivity index (χ1) is 7.58. The smallest absolute Gasteiger partial charge is 0.104 e. The van der Waals surface area contributed by atoms with E-state index in [9.17, 15) is 0 Å². The molecule has 0 spiro atoms. The molecule has 84 valence electrons. The Labute approximate surface area is 96.7 Å². The van der Waals surface area contributed by atoms with E-state index in [1.165, 1.54) is 16.7 Å². The molecule has 0 aliphatic carbocycles. The molecule has 0 amide bonds. The van der Waals surface area contributed by atoms with Gasteiger partial charge >= 0.3 is 0 Å². The lowest BCUT2D eigenvalue weighted by molar-refractivity contribution is 0.612. The summed E-state index contributed by atoms with van der Waals surface area (Å²) in [7, 11) is 0. The predicted octanol–water partition coefficient (Wildman–Crippen LogP) is 3.63. The number of nitrogen functional groups attached to an aromatic ring is 1. The van der Waals surface area contributed by atoms with Gasteiger partial charge in [-0.1, -0.05) is 29.8 Å². The van der Waals surface area contributed by atoms with Crippen LogP contribution in [0, 0.1) is 6.92 Å². The van der Waals surface area contributed by atoms with Gasteiger partial charge in [0.2, 0.25) is 0 Å². The van der Waals surface area contributed by atoms with Gasteiger partial charge in [-0.05, 0) is 32.4 Å². The van der Waals surface area contributed by atoms with Crippen molar-refractivity contribution in [1.82, 2.24) is 4.57 Å². The summed E-state index contributed by atoms with van der Waals surface area (Å²) in [6.07, 6.45) is 2.12. The average Bonchev–Trinajstić information content (AvgIpc) is 2.60. The zero-order valence-corrected chi connectivity index (χ0v) is 10.1. The van der Waals surface area contributed by atoms with Crippen molar-refractivity contribution in [2.45, 2.75) is 26.8 Å². The Hall–Kier alpha value is -1.70. The summed E-state index contributed by atoms with van der Waals surface area (Å²) in [4.78, 5) is 0. The minimum Gasteiger partial charge on any atom is -0.385 e. The molecule has 2 aromatic rings. The lowest BCUT2D eigenvalue weighted by Crippen LogP contribution is -2.02. The third-order valence-electron chi connectivity index (χ3n) is 2.79. The van der Waals surface area contributed by atoms with Crippen molar-refractivity contribution in [2.75, 3.05) is 5.73 Å². The van der Waals surface area contributed by atoms with Crippen molar-refractivity contribution >= 4 is 5.82 Å². The maximum atomic E-state index is 5.98. The van der Waals surface area contributed by atoms with E-state index in [4.69, 9.17) is 5.73 Å². The molecule has 0 unspecified atom stereocenters. The molecule has 1 aromatic carbocycles. The molecule has 2 rings (SSSR count). The third-order valence-corrected chi connectivity index (χ3v) is 2.79. The molecule has 0 radical (unpaired) electrons. The summed E-state index contributed by atoms with van der Waals surface area (Å²) in [5.41, 5.74) is 9.67. The molecule has 2 heteroatoms. The molecule has 1 heterocycles. The SMILES string of the molecule is Cc1cccc(-c2cc(N)n(C(C)C)c2)c1. The highest BCUT2D eigenvalue weighted by Gasteiger charge is 2.07. The minimum absolute atomic E-state index is 0.401. The van der Waals surface area contributed by atoms with Crippen molar-refractivity contribution in [1.29, 1.82) is 0 Å². The number of nitrogens with zero attached hydrogens (tertiary/aromatic N) is 1. The Morgan fingerprint density at radius 3 is 2.44 bits per heavy atom. The van der Waals surface area contributed by atoms with Crippen molar-refractivity contribution in [2.24, 2.45) is 0 Å². The number of nitrogens with two attached hydrogens (primary N) is 1. The van der Waals surface area contributed by atoms with E-state index >= 15 is 0 Å². The second-order valence-corrected chi connectivity index (χ2v) is 4.52. The summed E-state index contributed by atoms with van der Waals surface area (Å²) >= 11 is 0. The molecule has 16 heavy (non-hydrogen) atoms. The van der Waals surface area contributed by atoms with Crippen LogP contribution in [0.15, 0.2) is 36.5 Å². The molecular weight excluding hydrogens is 196 g/mol. The fourth-order valence-electron chi connectivity index (χ4n) is 1.93. The molecule has 0 aliphatic rings. The van der Waals surface area contributed by atoms with E-state index in [-0.39, 0.29) is 0 Å². The van der Waals surface area contributed by atoms with Gasteiger partial charge in [-0.3, -0.25) is 0 Å². The van der Waals surface area contributed by atoms with Crippen LogP contribution in [0.4, 0.5) is 5.82 Å². The van der Waals surface area contributed by atoms with Gasteiger partial charge in [-0.2, -0.15) is 0 Å². The Morgan fingerprint density at radius 2 is 1.88 bits per heavy atom. The molecule has 2 nitrogen and oxygen atoms in total. The second-order valence-electron chi connectivity index (χ2n) is 4.52. The Balaban J connectivity index is 2.45. The molecule has 0 fully saturated rings. The van der Waals surface area contributed by atoms with Crippen LogP contribution >= 0.6 is 0 Å². The van der Waals surface area contributed by atoms with Crippen LogP contribution in [0.25, 0.3) is 11.1 Å². The Morgan fingerprint density at radius 1 is 1.12 bits per heavy atom. The molecule has 0 aliphatic heterocycles. The van der Waals surface area contributed by atoms with E-state index in [2.05, 4.69) is 55.8 Å². The quantitative estimate of drug-likeness (QED) is 0.813. The number of aromatic nitrogens is 1. The first kappa shape index (κ1) is 10.8. The van der Waals surface area contributed by atoms with Crippen LogP contribution in [-0.2, 0) is 0 Å². The fraction of sp³-hybridized carbons (Fsp3) is 0.286. The molecule has 2 N–H and O–H groups in total. The number of aryl methyl sites for hydroxylation is 1. The normalized spacial score (nSPS) is 11.0. The highest BCUT2D eigenvalue weighted by atomic mass is 15.1. The molecule has 0 atom stereocenters. The van der Waals surface area contributed by atoms with Crippen molar-refractivity contribution < 1.29 is 0 Å². The summed E-state index contributed by atoms with van der Waals surface area (Å²) in [5, 5.41) is 0. The van der Waals surface area contributed by atoms with Crippen molar-refractivity contribution in [3.8, 4) is 11.1 Å². The van der Waals surface area contributed by atoms with Gasteiger partial charge < -0.3 is 10.3 Å². The first-order valence-corrected chi connectivity index (χ1v) is 5.62. The topological polar surface area (TPSA) is 30.9 Å². The maximum Gasteiger partial charge on any atom is 0.104 e. The van der Waals surface area contributed by atoms with Crippen molar-refractivity contribution in [3.05, 3.63) is 42.1 Å². The molecular formula is C14H18N2. The largest absolute Gasteiger partial charge is 0.385 e. The van der Waals surface area contributed by atoms with Gasteiger partial charge in [0.1, 0.15) is 5.82 Å². The van der Waals surface area contributed by atoms with E-state index < -0.39 is 0 Å². The first-order valence-electron chi connectivity index (χ1n) is 5.62. The number of anilines is 1. The van der Waals surface area contributed by atoms with Gasteiger partial charge in [0.15, 0.2) is 0 Å². The number of rotatable bonds is 2. The zero-order chi connectivity index (χ0) is 11.7. The number of benzene rings is 1. The monoisotopic (exact) mass is 214 g/mol. The summed E-state index contributed by atoms with van der Waals surface area (Å²) in [6, 6.07) is 10.9. The lowest BCUT2D eigenvalue weighted by atomic mass is 10.1. The highest BCUT2D eigenvalue weighted by molar-refractivity contribution is 5.67. The Bertz CT molecular complexity index is 495. The molecule has 1 aromatic heterocycles. The summed E-state index contributed by atoms with van der Waals surface area (Å²) in [5.74, 6) is 0.825. The number of hydrogen-bond donors (Lipinski definition) is 1. The highest BCUT2D eigenvalue weighted by Crippen LogP contribution is 2.26. The van der Waals surface area contributed by atoms with Gasteiger partial charge in [-0.15, -0.1) is 0 Å². The zero-order valence-electron chi connectivity index (χ0n) is 10.1. The predicted molar refractivity (Wildman–Crippen MR) is 69.4 cm³/mol. The Kier molecular flexibility index (Phi) is 2.73. The van der Waals surface area contributed by atoms with Crippen LogP contribution < -0.4 is 5.73 Å². The molecule has 0 saturated heterocycles. The second kappa shape index (κ2) is 4.05. The summed E-state index contributed by atoms with van der Waals surface area (Å²) in [6.45, 7) is 6.37. The van der Waals surface area contributed by atoms with E-state index in [1.54, 1.807) is 0 Å². The van der Waals surface area contributed by atoms with Gasteiger partial charge in [0.05, 0.1) is 0 Å².